The number of amides is 1. The summed E-state index contributed by atoms with van der Waals surface area (Å²) in [6.45, 7) is 6.18. The molecule has 1 amide bonds. The number of hydrogen-bond acceptors (Lipinski definition) is 3. The highest BCUT2D eigenvalue weighted by atomic mass is 35.5. The molecule has 2 atom stereocenters. The van der Waals surface area contributed by atoms with Gasteiger partial charge in [-0.15, -0.1) is 24.8 Å². The fraction of sp³-hybridized carbons (Fsp3) is 0.917. The maximum atomic E-state index is 12.3. The first kappa shape index (κ1) is 16.0. The van der Waals surface area contributed by atoms with Gasteiger partial charge in [0.2, 0.25) is 5.91 Å². The average molecular weight is 296 g/mol. The summed E-state index contributed by atoms with van der Waals surface area (Å²) in [6, 6.07) is 0.659. The van der Waals surface area contributed by atoms with Crippen LogP contribution in [0, 0.1) is 5.92 Å². The van der Waals surface area contributed by atoms with Crippen molar-refractivity contribution in [3.63, 3.8) is 0 Å². The first-order valence-electron chi connectivity index (χ1n) is 6.58. The highest BCUT2D eigenvalue weighted by molar-refractivity contribution is 5.85. The van der Waals surface area contributed by atoms with Crippen molar-refractivity contribution in [3.8, 4) is 0 Å². The van der Waals surface area contributed by atoms with Gasteiger partial charge in [0, 0.05) is 32.2 Å². The Morgan fingerprint density at radius 3 is 2.67 bits per heavy atom. The van der Waals surface area contributed by atoms with Crippen molar-refractivity contribution in [3.05, 3.63) is 0 Å². The van der Waals surface area contributed by atoms with E-state index in [0.29, 0.717) is 11.9 Å². The molecule has 1 N–H and O–H groups in total. The van der Waals surface area contributed by atoms with E-state index in [1.807, 2.05) is 0 Å². The molecule has 0 saturated carbocycles. The number of piperazine rings is 1. The number of halogens is 2. The molecule has 2 unspecified atom stereocenters. The summed E-state index contributed by atoms with van der Waals surface area (Å²) in [5.41, 5.74) is 0. The Bertz CT molecular complexity index is 284. The third kappa shape index (κ3) is 3.10. The lowest BCUT2D eigenvalue weighted by molar-refractivity contribution is -0.137. The molecule has 3 heterocycles. The fourth-order valence-corrected chi connectivity index (χ4v) is 3.31. The molecule has 6 heteroatoms. The largest absolute Gasteiger partial charge is 0.340 e. The molecule has 3 rings (SSSR count). The third-order valence-electron chi connectivity index (χ3n) is 4.31. The van der Waals surface area contributed by atoms with Crippen molar-refractivity contribution in [1.29, 1.82) is 0 Å². The van der Waals surface area contributed by atoms with Crippen LogP contribution in [0.1, 0.15) is 19.3 Å². The molecule has 3 fully saturated rings. The second-order valence-corrected chi connectivity index (χ2v) is 5.31. The lowest BCUT2D eigenvalue weighted by Crippen LogP contribution is -2.53. The van der Waals surface area contributed by atoms with Gasteiger partial charge in [-0.2, -0.15) is 0 Å². The second kappa shape index (κ2) is 6.94. The Kier molecular flexibility index (Phi) is 6.18. The van der Waals surface area contributed by atoms with Crippen LogP contribution >= 0.6 is 24.8 Å². The summed E-state index contributed by atoms with van der Waals surface area (Å²) in [5, 5.41) is 3.28. The van der Waals surface area contributed by atoms with E-state index >= 15 is 0 Å². The van der Waals surface area contributed by atoms with E-state index in [1.165, 1.54) is 19.4 Å². The van der Waals surface area contributed by atoms with Crippen molar-refractivity contribution < 1.29 is 4.79 Å². The number of nitrogens with one attached hydrogen (secondary N) is 1. The summed E-state index contributed by atoms with van der Waals surface area (Å²) >= 11 is 0. The molecule has 4 nitrogen and oxygen atoms in total. The minimum Gasteiger partial charge on any atom is -0.340 e. The Labute approximate surface area is 121 Å². The van der Waals surface area contributed by atoms with Crippen molar-refractivity contribution in [2.75, 3.05) is 39.3 Å². The quantitative estimate of drug-likeness (QED) is 0.775. The van der Waals surface area contributed by atoms with Crippen molar-refractivity contribution in [1.82, 2.24) is 15.1 Å². The molecular formula is C12H23Cl2N3O. The van der Waals surface area contributed by atoms with Crippen LogP contribution in [-0.2, 0) is 4.79 Å². The minimum absolute atomic E-state index is 0. The van der Waals surface area contributed by atoms with Crippen LogP contribution in [0.25, 0.3) is 0 Å². The van der Waals surface area contributed by atoms with Crippen LogP contribution < -0.4 is 5.32 Å². The number of carbonyl (C=O) groups is 1. The molecule has 0 aromatic rings. The standard InChI is InChI=1S/C12H21N3O.2ClH/c16-12(10-3-4-13-8-10)15-7-6-14-5-1-2-11(14)9-15;;/h10-11,13H,1-9H2;2*1H. The monoisotopic (exact) mass is 295 g/mol. The topological polar surface area (TPSA) is 35.6 Å². The lowest BCUT2D eigenvalue weighted by atomic mass is 10.1. The third-order valence-corrected chi connectivity index (χ3v) is 4.31. The number of carbonyl (C=O) groups excluding carboxylic acids is 1. The Morgan fingerprint density at radius 1 is 1.11 bits per heavy atom. The molecule has 0 bridgehead atoms. The molecule has 3 saturated heterocycles. The zero-order chi connectivity index (χ0) is 11.0. The number of fused-ring (bicyclic) bond motifs is 1. The van der Waals surface area contributed by atoms with Crippen LogP contribution in [0.5, 0.6) is 0 Å². The summed E-state index contributed by atoms with van der Waals surface area (Å²) in [6.07, 6.45) is 3.63. The highest BCUT2D eigenvalue weighted by Gasteiger charge is 2.35. The Hall–Kier alpha value is -0.0300. The molecular weight excluding hydrogens is 273 g/mol. The summed E-state index contributed by atoms with van der Waals surface area (Å²) in [4.78, 5) is 16.9. The minimum atomic E-state index is 0. The van der Waals surface area contributed by atoms with E-state index in [9.17, 15) is 4.79 Å². The van der Waals surface area contributed by atoms with Gasteiger partial charge in [-0.3, -0.25) is 9.69 Å². The number of hydrogen-bond donors (Lipinski definition) is 1. The predicted octanol–water partition coefficient (Wildman–Crippen LogP) is 0.746. The van der Waals surface area contributed by atoms with Crippen LogP contribution in [0.4, 0.5) is 0 Å². The maximum absolute atomic E-state index is 12.3. The molecule has 3 aliphatic rings. The summed E-state index contributed by atoms with van der Waals surface area (Å²) in [5.74, 6) is 0.657. The van der Waals surface area contributed by atoms with E-state index < -0.39 is 0 Å². The van der Waals surface area contributed by atoms with Gasteiger partial charge in [-0.05, 0) is 32.4 Å². The summed E-state index contributed by atoms with van der Waals surface area (Å²) < 4.78 is 0. The van der Waals surface area contributed by atoms with E-state index in [0.717, 1.165) is 39.1 Å². The van der Waals surface area contributed by atoms with Crippen LogP contribution in [-0.4, -0.2) is 61.0 Å². The van der Waals surface area contributed by atoms with Gasteiger partial charge >= 0.3 is 0 Å². The molecule has 0 aromatic heterocycles. The Balaban J connectivity index is 0.000000810. The molecule has 0 radical (unpaired) electrons. The first-order chi connectivity index (χ1) is 7.84. The van der Waals surface area contributed by atoms with Crippen molar-refractivity contribution in [2.45, 2.75) is 25.3 Å². The number of rotatable bonds is 1. The Morgan fingerprint density at radius 2 is 1.94 bits per heavy atom. The zero-order valence-electron chi connectivity index (χ0n) is 10.6. The van der Waals surface area contributed by atoms with Gasteiger partial charge in [-0.1, -0.05) is 0 Å². The van der Waals surface area contributed by atoms with E-state index in [-0.39, 0.29) is 30.7 Å². The smallest absolute Gasteiger partial charge is 0.227 e. The van der Waals surface area contributed by atoms with Gasteiger partial charge in [0.15, 0.2) is 0 Å². The fourth-order valence-electron chi connectivity index (χ4n) is 3.31. The van der Waals surface area contributed by atoms with Gasteiger partial charge < -0.3 is 10.2 Å². The molecule has 3 aliphatic heterocycles. The molecule has 0 spiro atoms. The molecule has 0 aromatic carbocycles. The maximum Gasteiger partial charge on any atom is 0.227 e. The van der Waals surface area contributed by atoms with Crippen LogP contribution in [0.15, 0.2) is 0 Å². The predicted molar refractivity (Wildman–Crippen MR) is 76.6 cm³/mol. The normalized spacial score (nSPS) is 31.4. The van der Waals surface area contributed by atoms with Gasteiger partial charge in [0.1, 0.15) is 0 Å². The SMILES string of the molecule is Cl.Cl.O=C(C1CCNC1)N1CCN2CCCC2C1. The second-order valence-electron chi connectivity index (χ2n) is 5.31. The van der Waals surface area contributed by atoms with Gasteiger partial charge in [0.25, 0.3) is 0 Å². The van der Waals surface area contributed by atoms with E-state index in [4.69, 9.17) is 0 Å². The van der Waals surface area contributed by atoms with E-state index in [2.05, 4.69) is 15.1 Å². The molecule has 0 aliphatic carbocycles. The van der Waals surface area contributed by atoms with Crippen molar-refractivity contribution in [2.24, 2.45) is 5.92 Å². The average Bonchev–Trinajstić information content (AvgIpc) is 2.98. The zero-order valence-corrected chi connectivity index (χ0v) is 12.3. The van der Waals surface area contributed by atoms with Crippen LogP contribution in [0.3, 0.4) is 0 Å². The lowest BCUT2D eigenvalue weighted by Gasteiger charge is -2.38. The van der Waals surface area contributed by atoms with Crippen molar-refractivity contribution >= 4 is 30.7 Å². The molecule has 18 heavy (non-hydrogen) atoms. The number of nitrogens with zero attached hydrogens (tertiary/aromatic N) is 2. The highest BCUT2D eigenvalue weighted by Crippen LogP contribution is 2.23. The van der Waals surface area contributed by atoms with Gasteiger partial charge in [0.05, 0.1) is 5.92 Å². The van der Waals surface area contributed by atoms with E-state index in [1.54, 1.807) is 0 Å². The van der Waals surface area contributed by atoms with Gasteiger partial charge in [-0.25, -0.2) is 0 Å². The first-order valence-corrected chi connectivity index (χ1v) is 6.58. The molecule has 106 valence electrons. The van der Waals surface area contributed by atoms with Crippen LogP contribution in [0.2, 0.25) is 0 Å². The summed E-state index contributed by atoms with van der Waals surface area (Å²) in [7, 11) is 0.